The second-order valence-electron chi connectivity index (χ2n) is 2.57. The molecule has 15 heavy (non-hydrogen) atoms. The van der Waals surface area contributed by atoms with Crippen LogP contribution < -0.4 is 11.2 Å². The predicted molar refractivity (Wildman–Crippen MR) is 63.8 cm³/mol. The summed E-state index contributed by atoms with van der Waals surface area (Å²) in [7, 11) is 0. The summed E-state index contributed by atoms with van der Waals surface area (Å²) in [5.74, 6) is 0.106. The Morgan fingerprint density at radius 3 is 2.47 bits per heavy atom. The van der Waals surface area contributed by atoms with Gasteiger partial charge in [0.05, 0.1) is 15.2 Å². The van der Waals surface area contributed by atoms with E-state index in [9.17, 15) is 9.90 Å². The van der Waals surface area contributed by atoms with Crippen LogP contribution in [-0.4, -0.2) is 17.4 Å². The maximum absolute atomic E-state index is 10.3. The molecule has 7 heteroatoms. The first kappa shape index (κ1) is 12.0. The number of carbonyl (C=O) groups excluding carboxylic acids is 1. The smallest absolute Gasteiger partial charge is 0.332 e. The van der Waals surface area contributed by atoms with Crippen molar-refractivity contribution >= 4 is 44.1 Å². The highest BCUT2D eigenvalue weighted by atomic mass is 79.9. The molecule has 1 rings (SSSR count). The molecular formula is C8H7Br2N3O2. The van der Waals surface area contributed by atoms with Crippen LogP contribution in [0.15, 0.2) is 26.2 Å². The average molecular weight is 337 g/mol. The van der Waals surface area contributed by atoms with Gasteiger partial charge >= 0.3 is 6.03 Å². The second kappa shape index (κ2) is 5.13. The first-order chi connectivity index (χ1) is 7.00. The third-order valence-corrected chi connectivity index (χ3v) is 2.64. The number of halogens is 2. The number of benzene rings is 1. The number of nitrogens with one attached hydrogen (secondary N) is 1. The molecule has 4 N–H and O–H groups in total. The summed E-state index contributed by atoms with van der Waals surface area (Å²) in [6, 6.07) is 2.56. The van der Waals surface area contributed by atoms with Crippen molar-refractivity contribution in [3.05, 3.63) is 26.6 Å². The Labute approximate surface area is 103 Å². The summed E-state index contributed by atoms with van der Waals surface area (Å²) in [4.78, 5) is 10.3. The molecule has 0 fully saturated rings. The van der Waals surface area contributed by atoms with Gasteiger partial charge in [0.1, 0.15) is 5.75 Å². The Morgan fingerprint density at radius 1 is 1.47 bits per heavy atom. The molecule has 0 bridgehead atoms. The van der Waals surface area contributed by atoms with Gasteiger partial charge in [-0.2, -0.15) is 5.10 Å². The van der Waals surface area contributed by atoms with Gasteiger partial charge in [-0.15, -0.1) is 0 Å². The van der Waals surface area contributed by atoms with Crippen LogP contribution in [0.2, 0.25) is 0 Å². The number of hydrazone groups is 1. The first-order valence-electron chi connectivity index (χ1n) is 3.77. The van der Waals surface area contributed by atoms with Crippen LogP contribution in [0.4, 0.5) is 4.79 Å². The van der Waals surface area contributed by atoms with Crippen molar-refractivity contribution in [3.63, 3.8) is 0 Å². The number of phenols is 1. The molecule has 0 spiro atoms. The van der Waals surface area contributed by atoms with Gasteiger partial charge in [0, 0.05) is 0 Å². The highest BCUT2D eigenvalue weighted by molar-refractivity contribution is 9.11. The Kier molecular flexibility index (Phi) is 4.10. The molecule has 0 unspecified atom stereocenters. The molecule has 2 amide bonds. The summed E-state index contributed by atoms with van der Waals surface area (Å²) < 4.78 is 1.05. The van der Waals surface area contributed by atoms with E-state index in [1.165, 1.54) is 6.21 Å². The molecule has 0 aliphatic heterocycles. The molecule has 1 aromatic rings. The van der Waals surface area contributed by atoms with Gasteiger partial charge in [-0.1, -0.05) is 0 Å². The van der Waals surface area contributed by atoms with E-state index in [4.69, 9.17) is 5.73 Å². The number of hydrogen-bond donors (Lipinski definition) is 3. The molecule has 0 saturated heterocycles. The van der Waals surface area contributed by atoms with Crippen molar-refractivity contribution in [1.29, 1.82) is 0 Å². The number of aromatic hydroxyl groups is 1. The molecule has 0 aliphatic carbocycles. The molecule has 0 aromatic heterocycles. The van der Waals surface area contributed by atoms with E-state index < -0.39 is 6.03 Å². The first-order valence-corrected chi connectivity index (χ1v) is 5.36. The van der Waals surface area contributed by atoms with Crippen LogP contribution in [0, 0.1) is 0 Å². The maximum atomic E-state index is 10.3. The molecule has 1 aromatic carbocycles. The molecule has 0 aliphatic rings. The number of nitrogens with zero attached hydrogens (tertiary/aromatic N) is 1. The standard InChI is InChI=1S/C8H7Br2N3O2/c9-5-1-4(2-6(10)7(5)14)3-12-13-8(11)15/h1-3,14H,(H3,11,13,15)/b12-3-. The second-order valence-corrected chi connectivity index (χ2v) is 4.28. The van der Waals surface area contributed by atoms with Crippen molar-refractivity contribution in [3.8, 4) is 5.75 Å². The minimum atomic E-state index is -0.733. The van der Waals surface area contributed by atoms with E-state index in [1.807, 2.05) is 0 Å². The molecule has 0 radical (unpaired) electrons. The average Bonchev–Trinajstić information content (AvgIpc) is 2.13. The lowest BCUT2D eigenvalue weighted by molar-refractivity contribution is 0.249. The molecule has 0 atom stereocenters. The van der Waals surface area contributed by atoms with E-state index in [0.717, 1.165) is 0 Å². The Balaban J connectivity index is 2.87. The molecule has 0 saturated carbocycles. The third kappa shape index (κ3) is 3.52. The van der Waals surface area contributed by atoms with Crippen LogP contribution in [-0.2, 0) is 0 Å². The lowest BCUT2D eigenvalue weighted by atomic mass is 10.2. The molecule has 5 nitrogen and oxygen atoms in total. The number of primary amides is 1. The summed E-state index contributed by atoms with van der Waals surface area (Å²) >= 11 is 6.33. The lowest BCUT2D eigenvalue weighted by Gasteiger charge is -2.01. The predicted octanol–water partition coefficient (Wildman–Crippen LogP) is 1.92. The van der Waals surface area contributed by atoms with Crippen LogP contribution in [0.1, 0.15) is 5.56 Å². The van der Waals surface area contributed by atoms with E-state index in [0.29, 0.717) is 14.5 Å². The summed E-state index contributed by atoms with van der Waals surface area (Å²) in [6.45, 7) is 0. The Hall–Kier alpha value is -1.08. The van der Waals surface area contributed by atoms with Crippen LogP contribution in [0.3, 0.4) is 0 Å². The van der Waals surface area contributed by atoms with Crippen LogP contribution in [0.5, 0.6) is 5.75 Å². The van der Waals surface area contributed by atoms with Gasteiger partial charge in [0.15, 0.2) is 0 Å². The highest BCUT2D eigenvalue weighted by Crippen LogP contribution is 2.32. The fraction of sp³-hybridized carbons (Fsp3) is 0. The SMILES string of the molecule is NC(=O)N/N=C\c1cc(Br)c(O)c(Br)c1. The quantitative estimate of drug-likeness (QED) is 0.569. The zero-order valence-corrected chi connectivity index (χ0v) is 10.5. The molecule has 80 valence electrons. The number of amides is 2. The van der Waals surface area contributed by atoms with Crippen LogP contribution >= 0.6 is 31.9 Å². The van der Waals surface area contributed by atoms with E-state index in [-0.39, 0.29) is 5.75 Å². The Bertz CT molecular complexity index is 397. The monoisotopic (exact) mass is 335 g/mol. The van der Waals surface area contributed by atoms with Gasteiger partial charge in [-0.3, -0.25) is 0 Å². The van der Waals surface area contributed by atoms with Crippen LogP contribution in [0.25, 0.3) is 0 Å². The summed E-state index contributed by atoms with van der Waals surface area (Å²) in [5, 5.41) is 13.0. The largest absolute Gasteiger partial charge is 0.506 e. The normalized spacial score (nSPS) is 10.5. The van der Waals surface area contributed by atoms with Gasteiger partial charge in [0.25, 0.3) is 0 Å². The summed E-state index contributed by atoms with van der Waals surface area (Å²) in [6.07, 6.45) is 1.40. The van der Waals surface area contributed by atoms with Gasteiger partial charge < -0.3 is 10.8 Å². The zero-order chi connectivity index (χ0) is 11.4. The van der Waals surface area contributed by atoms with Crippen molar-refractivity contribution < 1.29 is 9.90 Å². The number of carbonyl (C=O) groups is 1. The lowest BCUT2D eigenvalue weighted by Crippen LogP contribution is -2.24. The van der Waals surface area contributed by atoms with Crippen molar-refractivity contribution in [2.75, 3.05) is 0 Å². The van der Waals surface area contributed by atoms with E-state index in [1.54, 1.807) is 12.1 Å². The molecular weight excluding hydrogens is 330 g/mol. The van der Waals surface area contributed by atoms with Gasteiger partial charge in [0.2, 0.25) is 0 Å². The topological polar surface area (TPSA) is 87.7 Å². The maximum Gasteiger partial charge on any atom is 0.332 e. The van der Waals surface area contributed by atoms with Crippen molar-refractivity contribution in [2.24, 2.45) is 10.8 Å². The van der Waals surface area contributed by atoms with Gasteiger partial charge in [-0.05, 0) is 49.6 Å². The minimum absolute atomic E-state index is 0.106. The fourth-order valence-electron chi connectivity index (χ4n) is 0.830. The fourth-order valence-corrected chi connectivity index (χ4v) is 2.05. The van der Waals surface area contributed by atoms with E-state index in [2.05, 4.69) is 42.4 Å². The molecule has 0 heterocycles. The summed E-state index contributed by atoms with van der Waals surface area (Å²) in [5.41, 5.74) is 7.58. The van der Waals surface area contributed by atoms with Crippen molar-refractivity contribution in [2.45, 2.75) is 0 Å². The Morgan fingerprint density at radius 2 is 2.00 bits per heavy atom. The number of urea groups is 1. The zero-order valence-electron chi connectivity index (χ0n) is 7.37. The number of rotatable bonds is 2. The van der Waals surface area contributed by atoms with Gasteiger partial charge in [-0.25, -0.2) is 10.2 Å². The van der Waals surface area contributed by atoms with E-state index >= 15 is 0 Å². The highest BCUT2D eigenvalue weighted by Gasteiger charge is 2.04. The minimum Gasteiger partial charge on any atom is -0.506 e. The van der Waals surface area contributed by atoms with Crippen molar-refractivity contribution in [1.82, 2.24) is 5.43 Å². The third-order valence-electron chi connectivity index (χ3n) is 1.43. The number of phenolic OH excluding ortho intramolecular Hbond substituents is 1. The number of hydrogen-bond acceptors (Lipinski definition) is 3. The number of nitrogens with two attached hydrogens (primary N) is 1.